The summed E-state index contributed by atoms with van der Waals surface area (Å²) in [6.07, 6.45) is 1.17. The number of hydrogen-bond acceptors (Lipinski definition) is 2. The molecule has 1 heterocycles. The molecule has 1 saturated heterocycles. The SMILES string of the molecule is O=C(Nc1ccc(Cl)cc1)[C@@H]1CCCN1C(=O)c1ccc(F)c(F)c1. The highest BCUT2D eigenvalue weighted by Crippen LogP contribution is 2.23. The summed E-state index contributed by atoms with van der Waals surface area (Å²) in [7, 11) is 0. The third kappa shape index (κ3) is 3.79. The number of likely N-dealkylation sites (tertiary alicyclic amines) is 1. The monoisotopic (exact) mass is 364 g/mol. The van der Waals surface area contributed by atoms with Gasteiger partial charge < -0.3 is 10.2 Å². The molecule has 1 aliphatic heterocycles. The first-order chi connectivity index (χ1) is 12.0. The molecule has 0 unspecified atom stereocenters. The quantitative estimate of drug-likeness (QED) is 0.899. The van der Waals surface area contributed by atoms with Crippen LogP contribution in [-0.4, -0.2) is 29.3 Å². The van der Waals surface area contributed by atoms with Crippen LogP contribution in [-0.2, 0) is 4.79 Å². The first-order valence-electron chi connectivity index (χ1n) is 7.78. The third-order valence-electron chi connectivity index (χ3n) is 4.09. The van der Waals surface area contributed by atoms with Crippen LogP contribution in [0.2, 0.25) is 5.02 Å². The zero-order chi connectivity index (χ0) is 18.0. The average Bonchev–Trinajstić information content (AvgIpc) is 3.08. The first-order valence-corrected chi connectivity index (χ1v) is 8.16. The van der Waals surface area contributed by atoms with Gasteiger partial charge in [0.05, 0.1) is 0 Å². The van der Waals surface area contributed by atoms with Crippen LogP contribution < -0.4 is 5.32 Å². The van der Waals surface area contributed by atoms with E-state index in [1.807, 2.05) is 0 Å². The van der Waals surface area contributed by atoms with Crippen LogP contribution in [0.25, 0.3) is 0 Å². The Bertz CT molecular complexity index is 811. The minimum absolute atomic E-state index is 0.0186. The molecule has 2 aromatic carbocycles. The molecule has 0 aromatic heterocycles. The number of carbonyl (C=O) groups excluding carboxylic acids is 2. The number of nitrogens with zero attached hydrogens (tertiary/aromatic N) is 1. The molecule has 0 aliphatic carbocycles. The molecule has 7 heteroatoms. The van der Waals surface area contributed by atoms with Crippen LogP contribution in [0.3, 0.4) is 0 Å². The van der Waals surface area contributed by atoms with Crippen molar-refractivity contribution in [2.75, 3.05) is 11.9 Å². The van der Waals surface area contributed by atoms with Crippen molar-refractivity contribution in [3.63, 3.8) is 0 Å². The Hall–Kier alpha value is -2.47. The van der Waals surface area contributed by atoms with Gasteiger partial charge in [-0.15, -0.1) is 0 Å². The van der Waals surface area contributed by atoms with Crippen LogP contribution in [0.15, 0.2) is 42.5 Å². The Morgan fingerprint density at radius 3 is 2.48 bits per heavy atom. The van der Waals surface area contributed by atoms with Gasteiger partial charge in [0.25, 0.3) is 5.91 Å². The number of rotatable bonds is 3. The normalized spacial score (nSPS) is 16.8. The van der Waals surface area contributed by atoms with E-state index in [1.54, 1.807) is 24.3 Å². The highest BCUT2D eigenvalue weighted by molar-refractivity contribution is 6.30. The number of hydrogen-bond donors (Lipinski definition) is 1. The number of amides is 2. The summed E-state index contributed by atoms with van der Waals surface area (Å²) in [5.74, 6) is -2.93. The lowest BCUT2D eigenvalue weighted by Gasteiger charge is -2.24. The Balaban J connectivity index is 1.74. The van der Waals surface area contributed by atoms with Gasteiger partial charge in [0.15, 0.2) is 11.6 Å². The van der Waals surface area contributed by atoms with Gasteiger partial charge in [-0.1, -0.05) is 11.6 Å². The second-order valence-corrected chi connectivity index (χ2v) is 6.22. The minimum atomic E-state index is -1.09. The van der Waals surface area contributed by atoms with Crippen molar-refractivity contribution < 1.29 is 18.4 Å². The van der Waals surface area contributed by atoms with Gasteiger partial charge in [0, 0.05) is 22.8 Å². The lowest BCUT2D eigenvalue weighted by atomic mass is 10.1. The molecule has 0 saturated carbocycles. The van der Waals surface area contributed by atoms with Crippen molar-refractivity contribution >= 4 is 29.1 Å². The van der Waals surface area contributed by atoms with Gasteiger partial charge in [-0.05, 0) is 55.3 Å². The van der Waals surface area contributed by atoms with Crippen molar-refractivity contribution in [1.29, 1.82) is 0 Å². The second-order valence-electron chi connectivity index (χ2n) is 5.78. The summed E-state index contributed by atoms with van der Waals surface area (Å²) in [6.45, 7) is 0.385. The van der Waals surface area contributed by atoms with Crippen molar-refractivity contribution in [3.8, 4) is 0 Å². The lowest BCUT2D eigenvalue weighted by molar-refractivity contribution is -0.119. The molecule has 2 aromatic rings. The Morgan fingerprint density at radius 1 is 1.08 bits per heavy atom. The molecule has 1 atom stereocenters. The molecule has 0 bridgehead atoms. The van der Waals surface area contributed by atoms with Gasteiger partial charge in [-0.2, -0.15) is 0 Å². The van der Waals surface area contributed by atoms with Crippen molar-refractivity contribution in [3.05, 3.63) is 64.7 Å². The molecule has 1 N–H and O–H groups in total. The standard InChI is InChI=1S/C18H15ClF2N2O2/c19-12-4-6-13(7-5-12)22-17(24)16-2-1-9-23(16)18(25)11-3-8-14(20)15(21)10-11/h3-8,10,16H,1-2,9H2,(H,22,24)/t16-/m0/s1. The summed E-state index contributed by atoms with van der Waals surface area (Å²) >= 11 is 5.81. The highest BCUT2D eigenvalue weighted by atomic mass is 35.5. The van der Waals surface area contributed by atoms with Gasteiger partial charge in [-0.3, -0.25) is 9.59 Å². The van der Waals surface area contributed by atoms with Crippen LogP contribution in [0.1, 0.15) is 23.2 Å². The summed E-state index contributed by atoms with van der Waals surface area (Å²) < 4.78 is 26.4. The predicted molar refractivity (Wildman–Crippen MR) is 90.5 cm³/mol. The molecule has 0 spiro atoms. The smallest absolute Gasteiger partial charge is 0.254 e. The van der Waals surface area contributed by atoms with Crippen molar-refractivity contribution in [2.45, 2.75) is 18.9 Å². The predicted octanol–water partition coefficient (Wildman–Crippen LogP) is 3.86. The molecule has 25 heavy (non-hydrogen) atoms. The van der Waals surface area contributed by atoms with Gasteiger partial charge >= 0.3 is 0 Å². The molecular formula is C18H15ClF2N2O2. The first kappa shape index (κ1) is 17.4. The van der Waals surface area contributed by atoms with E-state index in [1.165, 1.54) is 11.0 Å². The molecule has 130 valence electrons. The fourth-order valence-corrected chi connectivity index (χ4v) is 2.96. The molecule has 4 nitrogen and oxygen atoms in total. The summed E-state index contributed by atoms with van der Waals surface area (Å²) in [4.78, 5) is 26.4. The Morgan fingerprint density at radius 2 is 1.80 bits per heavy atom. The number of carbonyl (C=O) groups is 2. The number of nitrogens with one attached hydrogen (secondary N) is 1. The maximum Gasteiger partial charge on any atom is 0.254 e. The number of anilines is 1. The van der Waals surface area contributed by atoms with Crippen LogP contribution in [0, 0.1) is 11.6 Å². The number of halogens is 3. The van der Waals surface area contributed by atoms with Crippen LogP contribution in [0.5, 0.6) is 0 Å². The molecule has 2 amide bonds. The third-order valence-corrected chi connectivity index (χ3v) is 4.35. The van der Waals surface area contributed by atoms with E-state index in [2.05, 4.69) is 5.32 Å². The van der Waals surface area contributed by atoms with E-state index >= 15 is 0 Å². The van der Waals surface area contributed by atoms with Gasteiger partial charge in [-0.25, -0.2) is 8.78 Å². The maximum absolute atomic E-state index is 13.4. The molecule has 0 radical (unpaired) electrons. The Labute approximate surface area is 148 Å². The topological polar surface area (TPSA) is 49.4 Å². The van der Waals surface area contributed by atoms with Gasteiger partial charge in [0.2, 0.25) is 5.91 Å². The van der Waals surface area contributed by atoms with E-state index in [0.29, 0.717) is 30.1 Å². The second kappa shape index (κ2) is 7.19. The van der Waals surface area contributed by atoms with E-state index < -0.39 is 23.6 Å². The molecule has 1 aliphatic rings. The summed E-state index contributed by atoms with van der Waals surface area (Å²) in [5, 5.41) is 3.29. The lowest BCUT2D eigenvalue weighted by Crippen LogP contribution is -2.43. The number of benzene rings is 2. The van der Waals surface area contributed by atoms with E-state index in [-0.39, 0.29) is 11.5 Å². The molecule has 3 rings (SSSR count). The zero-order valence-corrected chi connectivity index (χ0v) is 13.9. The van der Waals surface area contributed by atoms with Crippen molar-refractivity contribution in [1.82, 2.24) is 4.90 Å². The van der Waals surface area contributed by atoms with Crippen LogP contribution >= 0.6 is 11.6 Å². The Kier molecular flexibility index (Phi) is 4.99. The zero-order valence-electron chi connectivity index (χ0n) is 13.1. The fourth-order valence-electron chi connectivity index (χ4n) is 2.84. The summed E-state index contributed by atoms with van der Waals surface area (Å²) in [5.41, 5.74) is 0.589. The largest absolute Gasteiger partial charge is 0.327 e. The maximum atomic E-state index is 13.4. The van der Waals surface area contributed by atoms with Crippen molar-refractivity contribution in [2.24, 2.45) is 0 Å². The summed E-state index contributed by atoms with van der Waals surface area (Å²) in [6, 6.07) is 8.94. The van der Waals surface area contributed by atoms with Crippen LogP contribution in [0.4, 0.5) is 14.5 Å². The highest BCUT2D eigenvalue weighted by Gasteiger charge is 2.34. The van der Waals surface area contributed by atoms with E-state index in [0.717, 1.165) is 12.1 Å². The van der Waals surface area contributed by atoms with Gasteiger partial charge in [0.1, 0.15) is 6.04 Å². The molecule has 1 fully saturated rings. The average molecular weight is 365 g/mol. The molecular weight excluding hydrogens is 350 g/mol. The minimum Gasteiger partial charge on any atom is -0.327 e. The van der Waals surface area contributed by atoms with E-state index in [9.17, 15) is 18.4 Å². The van der Waals surface area contributed by atoms with E-state index in [4.69, 9.17) is 11.6 Å². The fraction of sp³-hybridized carbons (Fsp3) is 0.222.